The zero-order chi connectivity index (χ0) is 15.6. The van der Waals surface area contributed by atoms with Crippen molar-refractivity contribution < 1.29 is 9.47 Å². The van der Waals surface area contributed by atoms with Gasteiger partial charge in [0.1, 0.15) is 0 Å². The highest BCUT2D eigenvalue weighted by Crippen LogP contribution is 2.09. The van der Waals surface area contributed by atoms with Crippen LogP contribution in [0, 0.1) is 0 Å². The summed E-state index contributed by atoms with van der Waals surface area (Å²) in [6.07, 6.45) is 0. The average molecular weight is 306 g/mol. The third-order valence-electron chi connectivity index (χ3n) is 3.58. The molecule has 22 heavy (non-hydrogen) atoms. The van der Waals surface area contributed by atoms with E-state index in [-0.39, 0.29) is 0 Å². The van der Waals surface area contributed by atoms with Crippen LogP contribution in [0.4, 0.5) is 0 Å². The standard InChI is InChI=1S/C16H26N4O2/c1-21-9-6-18-16(17)19-12-14-2-4-15(5-3-14)13-20-7-10-22-11-8-20/h2-5H,6-13H2,1H3,(H3,17,18,19). The number of hydrogen-bond donors (Lipinski definition) is 2. The van der Waals surface area contributed by atoms with Crippen molar-refractivity contribution in [2.75, 3.05) is 46.6 Å². The van der Waals surface area contributed by atoms with Crippen LogP contribution in [0.5, 0.6) is 0 Å². The van der Waals surface area contributed by atoms with Crippen LogP contribution in [-0.4, -0.2) is 57.4 Å². The Kier molecular flexibility index (Phi) is 7.15. The maximum Gasteiger partial charge on any atom is 0.188 e. The molecule has 0 unspecified atom stereocenters. The first-order valence-corrected chi connectivity index (χ1v) is 7.68. The van der Waals surface area contributed by atoms with Gasteiger partial charge in [0.25, 0.3) is 0 Å². The first kappa shape index (κ1) is 16.7. The molecule has 6 heteroatoms. The van der Waals surface area contributed by atoms with E-state index in [0.29, 0.717) is 25.7 Å². The second-order valence-electron chi connectivity index (χ2n) is 5.33. The van der Waals surface area contributed by atoms with E-state index in [2.05, 4.69) is 39.5 Å². The molecule has 0 atom stereocenters. The number of nitrogens with two attached hydrogens (primary N) is 1. The molecule has 3 N–H and O–H groups in total. The van der Waals surface area contributed by atoms with Gasteiger partial charge in [-0.3, -0.25) is 4.90 Å². The summed E-state index contributed by atoms with van der Waals surface area (Å²) in [5.74, 6) is 0.453. The Morgan fingerprint density at radius 3 is 2.64 bits per heavy atom. The van der Waals surface area contributed by atoms with Gasteiger partial charge in [-0.15, -0.1) is 0 Å². The molecule has 0 spiro atoms. The largest absolute Gasteiger partial charge is 0.383 e. The summed E-state index contributed by atoms with van der Waals surface area (Å²) in [7, 11) is 1.66. The zero-order valence-electron chi connectivity index (χ0n) is 13.3. The maximum atomic E-state index is 5.78. The van der Waals surface area contributed by atoms with E-state index in [9.17, 15) is 0 Å². The minimum Gasteiger partial charge on any atom is -0.383 e. The summed E-state index contributed by atoms with van der Waals surface area (Å²) in [5, 5.41) is 3.00. The summed E-state index contributed by atoms with van der Waals surface area (Å²) >= 11 is 0. The molecule has 0 amide bonds. The van der Waals surface area contributed by atoms with Gasteiger partial charge in [-0.25, -0.2) is 4.99 Å². The summed E-state index contributed by atoms with van der Waals surface area (Å²) in [6.45, 7) is 6.55. The highest BCUT2D eigenvalue weighted by molar-refractivity contribution is 5.77. The van der Waals surface area contributed by atoms with Gasteiger partial charge < -0.3 is 20.5 Å². The summed E-state index contributed by atoms with van der Waals surface area (Å²) in [6, 6.07) is 8.55. The molecule has 0 saturated carbocycles. The summed E-state index contributed by atoms with van der Waals surface area (Å²) in [5.41, 5.74) is 8.26. The zero-order valence-corrected chi connectivity index (χ0v) is 13.3. The smallest absolute Gasteiger partial charge is 0.188 e. The lowest BCUT2D eigenvalue weighted by Crippen LogP contribution is -2.35. The van der Waals surface area contributed by atoms with Crippen LogP contribution in [0.25, 0.3) is 0 Å². The van der Waals surface area contributed by atoms with Gasteiger partial charge in [0.2, 0.25) is 0 Å². The number of benzene rings is 1. The number of guanidine groups is 1. The first-order chi connectivity index (χ1) is 10.8. The Bertz CT molecular complexity index is 456. The number of morpholine rings is 1. The van der Waals surface area contributed by atoms with Crippen molar-refractivity contribution in [1.29, 1.82) is 0 Å². The summed E-state index contributed by atoms with van der Waals surface area (Å²) in [4.78, 5) is 6.72. The fourth-order valence-electron chi connectivity index (χ4n) is 2.28. The van der Waals surface area contributed by atoms with E-state index in [1.165, 1.54) is 5.56 Å². The third kappa shape index (κ3) is 6.01. The van der Waals surface area contributed by atoms with Crippen LogP contribution >= 0.6 is 0 Å². The molecule has 2 rings (SSSR count). The van der Waals surface area contributed by atoms with E-state index in [0.717, 1.165) is 38.4 Å². The topological polar surface area (TPSA) is 72.1 Å². The third-order valence-corrected chi connectivity index (χ3v) is 3.58. The van der Waals surface area contributed by atoms with Crippen molar-refractivity contribution in [2.45, 2.75) is 13.1 Å². The van der Waals surface area contributed by atoms with E-state index < -0.39 is 0 Å². The molecule has 1 aromatic rings. The van der Waals surface area contributed by atoms with Crippen LogP contribution in [0.15, 0.2) is 29.3 Å². The monoisotopic (exact) mass is 306 g/mol. The molecule has 1 aliphatic rings. The molecule has 6 nitrogen and oxygen atoms in total. The Morgan fingerprint density at radius 1 is 1.27 bits per heavy atom. The number of nitrogens with zero attached hydrogens (tertiary/aromatic N) is 2. The van der Waals surface area contributed by atoms with Crippen molar-refractivity contribution in [1.82, 2.24) is 10.2 Å². The van der Waals surface area contributed by atoms with Crippen molar-refractivity contribution in [3.8, 4) is 0 Å². The lowest BCUT2D eigenvalue weighted by molar-refractivity contribution is 0.0342. The molecule has 1 heterocycles. The van der Waals surface area contributed by atoms with Gasteiger partial charge >= 0.3 is 0 Å². The van der Waals surface area contributed by atoms with Gasteiger partial charge in [0.15, 0.2) is 5.96 Å². The SMILES string of the molecule is COCCNC(N)=NCc1ccc(CN2CCOCC2)cc1. The lowest BCUT2D eigenvalue weighted by atomic mass is 10.1. The molecule has 1 saturated heterocycles. The molecule has 0 bridgehead atoms. The number of nitrogens with one attached hydrogen (secondary N) is 1. The van der Waals surface area contributed by atoms with Crippen molar-refractivity contribution >= 4 is 5.96 Å². The molecule has 0 aliphatic carbocycles. The quantitative estimate of drug-likeness (QED) is 0.438. The molecular weight excluding hydrogens is 280 g/mol. The Labute approximate surface area is 132 Å². The lowest BCUT2D eigenvalue weighted by Gasteiger charge is -2.26. The predicted molar refractivity (Wildman–Crippen MR) is 87.7 cm³/mol. The first-order valence-electron chi connectivity index (χ1n) is 7.68. The minimum atomic E-state index is 0.453. The average Bonchev–Trinajstić information content (AvgIpc) is 2.55. The molecular formula is C16H26N4O2. The van der Waals surface area contributed by atoms with Crippen molar-refractivity contribution in [2.24, 2.45) is 10.7 Å². The van der Waals surface area contributed by atoms with Crippen LogP contribution in [0.3, 0.4) is 0 Å². The van der Waals surface area contributed by atoms with Crippen molar-refractivity contribution in [3.63, 3.8) is 0 Å². The van der Waals surface area contributed by atoms with Crippen molar-refractivity contribution in [3.05, 3.63) is 35.4 Å². The second-order valence-corrected chi connectivity index (χ2v) is 5.33. The fraction of sp³-hybridized carbons (Fsp3) is 0.562. The minimum absolute atomic E-state index is 0.453. The van der Waals surface area contributed by atoms with Crippen LogP contribution in [0.1, 0.15) is 11.1 Å². The molecule has 1 aliphatic heterocycles. The van der Waals surface area contributed by atoms with Gasteiger partial charge in [0.05, 0.1) is 26.4 Å². The molecule has 0 radical (unpaired) electrons. The van der Waals surface area contributed by atoms with Gasteiger partial charge in [-0.2, -0.15) is 0 Å². The molecule has 1 aromatic carbocycles. The molecule has 0 aromatic heterocycles. The fourth-order valence-corrected chi connectivity index (χ4v) is 2.28. The highest BCUT2D eigenvalue weighted by atomic mass is 16.5. The second kappa shape index (κ2) is 9.40. The Morgan fingerprint density at radius 2 is 1.95 bits per heavy atom. The van der Waals surface area contributed by atoms with Crippen LogP contribution in [-0.2, 0) is 22.6 Å². The Balaban J connectivity index is 1.77. The highest BCUT2D eigenvalue weighted by Gasteiger charge is 2.10. The summed E-state index contributed by atoms with van der Waals surface area (Å²) < 4.78 is 10.3. The van der Waals surface area contributed by atoms with E-state index >= 15 is 0 Å². The number of aliphatic imine (C=N–C) groups is 1. The number of methoxy groups -OCH3 is 1. The number of ether oxygens (including phenoxy) is 2. The van der Waals surface area contributed by atoms with E-state index in [1.54, 1.807) is 7.11 Å². The Hall–Kier alpha value is -1.63. The molecule has 1 fully saturated rings. The van der Waals surface area contributed by atoms with Gasteiger partial charge in [0, 0.05) is 33.3 Å². The van der Waals surface area contributed by atoms with E-state index in [1.807, 2.05) is 0 Å². The van der Waals surface area contributed by atoms with Gasteiger partial charge in [-0.1, -0.05) is 24.3 Å². The van der Waals surface area contributed by atoms with Crippen LogP contribution in [0.2, 0.25) is 0 Å². The normalized spacial score (nSPS) is 16.7. The van der Waals surface area contributed by atoms with E-state index in [4.69, 9.17) is 15.2 Å². The van der Waals surface area contributed by atoms with Gasteiger partial charge in [-0.05, 0) is 11.1 Å². The van der Waals surface area contributed by atoms with Crippen LogP contribution < -0.4 is 11.1 Å². The molecule has 122 valence electrons. The maximum absolute atomic E-state index is 5.78. The predicted octanol–water partition coefficient (Wildman–Crippen LogP) is 0.570. The number of rotatable bonds is 7. The number of hydrogen-bond acceptors (Lipinski definition) is 4.